The van der Waals surface area contributed by atoms with Crippen molar-refractivity contribution in [3.63, 3.8) is 0 Å². The zero-order valence-electron chi connectivity index (χ0n) is 12.2. The minimum Gasteiger partial charge on any atom is -0.330 e. The first-order chi connectivity index (χ1) is 9.52. The van der Waals surface area contributed by atoms with Crippen LogP contribution in [-0.2, 0) is 27.1 Å². The van der Waals surface area contributed by atoms with Crippen molar-refractivity contribution >= 4 is 11.2 Å². The molecule has 0 fully saturated rings. The quantitative estimate of drug-likeness (QED) is 0.816. The molecule has 20 heavy (non-hydrogen) atoms. The van der Waals surface area contributed by atoms with Crippen molar-refractivity contribution in [1.82, 2.24) is 18.7 Å². The highest BCUT2D eigenvalue weighted by Crippen LogP contribution is 2.13. The van der Waals surface area contributed by atoms with E-state index in [1.807, 2.05) is 4.57 Å². The number of rotatable bonds is 5. The van der Waals surface area contributed by atoms with E-state index in [1.54, 1.807) is 7.05 Å². The number of aromatic nitrogens is 4. The van der Waals surface area contributed by atoms with Crippen molar-refractivity contribution in [3.8, 4) is 0 Å². The van der Waals surface area contributed by atoms with E-state index in [2.05, 4.69) is 11.9 Å². The van der Waals surface area contributed by atoms with Crippen LogP contribution >= 0.6 is 0 Å². The van der Waals surface area contributed by atoms with E-state index in [4.69, 9.17) is 5.73 Å². The van der Waals surface area contributed by atoms with Gasteiger partial charge in [0, 0.05) is 27.1 Å². The molecular weight excluding hydrogens is 258 g/mol. The Morgan fingerprint density at radius 1 is 1.20 bits per heavy atom. The molecule has 110 valence electrons. The molecule has 0 amide bonds. The first-order valence-corrected chi connectivity index (χ1v) is 6.88. The molecule has 0 radical (unpaired) electrons. The third kappa shape index (κ3) is 2.18. The van der Waals surface area contributed by atoms with Crippen LogP contribution in [0.15, 0.2) is 9.59 Å². The van der Waals surface area contributed by atoms with Gasteiger partial charge < -0.3 is 10.3 Å². The number of fused-ring (bicyclic) bond motifs is 1. The van der Waals surface area contributed by atoms with Gasteiger partial charge in [0.1, 0.15) is 5.82 Å². The van der Waals surface area contributed by atoms with Crippen LogP contribution in [-0.4, -0.2) is 25.2 Å². The molecule has 2 heterocycles. The highest BCUT2D eigenvalue weighted by atomic mass is 16.2. The van der Waals surface area contributed by atoms with Crippen LogP contribution in [0.25, 0.3) is 11.2 Å². The Kier molecular flexibility index (Phi) is 4.08. The van der Waals surface area contributed by atoms with Gasteiger partial charge in [-0.05, 0) is 19.4 Å². The van der Waals surface area contributed by atoms with Gasteiger partial charge in [-0.2, -0.15) is 0 Å². The summed E-state index contributed by atoms with van der Waals surface area (Å²) in [6.07, 6.45) is 2.48. The fraction of sp³-hybridized carbons (Fsp3) is 0.615. The Bertz CT molecular complexity index is 738. The molecule has 0 bridgehead atoms. The van der Waals surface area contributed by atoms with Crippen molar-refractivity contribution in [2.24, 2.45) is 19.8 Å². The molecule has 2 aromatic rings. The summed E-state index contributed by atoms with van der Waals surface area (Å²) < 4.78 is 4.46. The molecule has 7 heteroatoms. The Labute approximate surface area is 116 Å². The lowest BCUT2D eigenvalue weighted by molar-refractivity contribution is 0.621. The van der Waals surface area contributed by atoms with E-state index in [-0.39, 0.29) is 11.2 Å². The number of nitrogens with zero attached hydrogens (tertiary/aromatic N) is 4. The second kappa shape index (κ2) is 5.62. The van der Waals surface area contributed by atoms with Crippen LogP contribution < -0.4 is 17.0 Å². The molecule has 0 unspecified atom stereocenters. The van der Waals surface area contributed by atoms with E-state index in [9.17, 15) is 9.59 Å². The number of imidazole rings is 1. The van der Waals surface area contributed by atoms with Crippen molar-refractivity contribution < 1.29 is 0 Å². The van der Waals surface area contributed by atoms with E-state index in [0.717, 1.165) is 29.7 Å². The Balaban J connectivity index is 2.82. The summed E-state index contributed by atoms with van der Waals surface area (Å²) in [6, 6.07) is 0. The van der Waals surface area contributed by atoms with Gasteiger partial charge in [-0.1, -0.05) is 6.92 Å². The summed E-state index contributed by atoms with van der Waals surface area (Å²) in [4.78, 5) is 28.8. The van der Waals surface area contributed by atoms with Crippen LogP contribution in [0.2, 0.25) is 0 Å². The zero-order chi connectivity index (χ0) is 14.9. The largest absolute Gasteiger partial charge is 0.332 e. The maximum Gasteiger partial charge on any atom is 0.332 e. The number of aryl methyl sites for hydroxylation is 3. The number of hydrogen-bond acceptors (Lipinski definition) is 4. The number of nitrogens with two attached hydrogens (primary N) is 1. The maximum absolute atomic E-state index is 12.4. The molecule has 0 aromatic carbocycles. The molecule has 0 aliphatic heterocycles. The standard InChI is InChI=1S/C13H21N5O2/c1-4-6-9-15-11-10(18(9)8-5-7-14)12(19)17(3)13(20)16(11)2/h4-8,14H2,1-3H3. The lowest BCUT2D eigenvalue weighted by Gasteiger charge is -2.08. The predicted octanol–water partition coefficient (Wildman–Crippen LogP) is -0.265. The van der Waals surface area contributed by atoms with Gasteiger partial charge in [0.2, 0.25) is 0 Å². The van der Waals surface area contributed by atoms with Crippen LogP contribution in [0, 0.1) is 0 Å². The predicted molar refractivity (Wildman–Crippen MR) is 77.9 cm³/mol. The van der Waals surface area contributed by atoms with Crippen LogP contribution in [0.3, 0.4) is 0 Å². The smallest absolute Gasteiger partial charge is 0.330 e. The minimum absolute atomic E-state index is 0.296. The number of hydrogen-bond donors (Lipinski definition) is 1. The van der Waals surface area contributed by atoms with Gasteiger partial charge in [-0.25, -0.2) is 9.78 Å². The molecule has 0 saturated heterocycles. The molecule has 0 atom stereocenters. The highest BCUT2D eigenvalue weighted by Gasteiger charge is 2.18. The van der Waals surface area contributed by atoms with E-state index in [0.29, 0.717) is 24.3 Å². The van der Waals surface area contributed by atoms with Crippen LogP contribution in [0.4, 0.5) is 0 Å². The van der Waals surface area contributed by atoms with Crippen molar-refractivity contribution in [2.75, 3.05) is 6.54 Å². The van der Waals surface area contributed by atoms with Gasteiger partial charge in [-0.3, -0.25) is 13.9 Å². The van der Waals surface area contributed by atoms with Gasteiger partial charge in [0.25, 0.3) is 5.56 Å². The maximum atomic E-state index is 12.4. The molecule has 0 aliphatic carbocycles. The fourth-order valence-electron chi connectivity index (χ4n) is 2.40. The normalized spacial score (nSPS) is 11.4. The lowest BCUT2D eigenvalue weighted by atomic mass is 10.3. The summed E-state index contributed by atoms with van der Waals surface area (Å²) in [7, 11) is 3.13. The van der Waals surface area contributed by atoms with Crippen molar-refractivity contribution in [1.29, 1.82) is 0 Å². The molecule has 0 saturated carbocycles. The molecular formula is C13H21N5O2. The summed E-state index contributed by atoms with van der Waals surface area (Å²) in [5, 5.41) is 0. The topological polar surface area (TPSA) is 87.8 Å². The Morgan fingerprint density at radius 2 is 1.90 bits per heavy atom. The Morgan fingerprint density at radius 3 is 2.50 bits per heavy atom. The Hall–Kier alpha value is -1.89. The van der Waals surface area contributed by atoms with E-state index >= 15 is 0 Å². The zero-order valence-corrected chi connectivity index (χ0v) is 12.2. The van der Waals surface area contributed by atoms with Crippen LogP contribution in [0.1, 0.15) is 25.6 Å². The van der Waals surface area contributed by atoms with Crippen LogP contribution in [0.5, 0.6) is 0 Å². The summed E-state index contributed by atoms with van der Waals surface area (Å²) in [5.41, 5.74) is 5.86. The van der Waals surface area contributed by atoms with Crippen molar-refractivity contribution in [3.05, 3.63) is 26.7 Å². The summed E-state index contributed by atoms with van der Waals surface area (Å²) >= 11 is 0. The van der Waals surface area contributed by atoms with Gasteiger partial charge in [0.05, 0.1) is 0 Å². The minimum atomic E-state index is -0.353. The third-order valence-electron chi connectivity index (χ3n) is 3.49. The fourth-order valence-corrected chi connectivity index (χ4v) is 2.40. The highest BCUT2D eigenvalue weighted by molar-refractivity contribution is 5.71. The van der Waals surface area contributed by atoms with Gasteiger partial charge >= 0.3 is 5.69 Å². The second-order valence-corrected chi connectivity index (χ2v) is 4.95. The molecule has 2 N–H and O–H groups in total. The SMILES string of the molecule is CCCc1nc2c(c(=O)n(C)c(=O)n2C)n1CCCN. The lowest BCUT2D eigenvalue weighted by Crippen LogP contribution is -2.37. The molecule has 7 nitrogen and oxygen atoms in total. The van der Waals surface area contributed by atoms with Gasteiger partial charge in [0.15, 0.2) is 11.2 Å². The second-order valence-electron chi connectivity index (χ2n) is 4.95. The molecule has 2 aromatic heterocycles. The molecule has 0 aliphatic rings. The average molecular weight is 279 g/mol. The summed E-state index contributed by atoms with van der Waals surface area (Å²) in [5.74, 6) is 0.842. The molecule has 2 rings (SSSR count). The monoisotopic (exact) mass is 279 g/mol. The van der Waals surface area contributed by atoms with E-state index < -0.39 is 0 Å². The summed E-state index contributed by atoms with van der Waals surface area (Å²) in [6.45, 7) is 3.26. The third-order valence-corrected chi connectivity index (χ3v) is 3.49. The van der Waals surface area contributed by atoms with Crippen molar-refractivity contribution in [2.45, 2.75) is 32.7 Å². The average Bonchev–Trinajstić information content (AvgIpc) is 2.79. The van der Waals surface area contributed by atoms with E-state index in [1.165, 1.54) is 11.6 Å². The molecule has 0 spiro atoms. The first kappa shape index (κ1) is 14.5. The van der Waals surface area contributed by atoms with Gasteiger partial charge in [-0.15, -0.1) is 0 Å². The first-order valence-electron chi connectivity index (χ1n) is 6.88.